The van der Waals surface area contributed by atoms with Gasteiger partial charge < -0.3 is 0 Å². The zero-order valence-corrected chi connectivity index (χ0v) is 14.5. The molecule has 0 aromatic carbocycles. The molecule has 0 amide bonds. The van der Waals surface area contributed by atoms with Gasteiger partial charge in [-0.1, -0.05) is 52.8 Å². The van der Waals surface area contributed by atoms with Crippen LogP contribution in [0.2, 0.25) is 6.04 Å². The van der Waals surface area contributed by atoms with Gasteiger partial charge in [-0.2, -0.15) is 0 Å². The smallest absolute Gasteiger partial charge is 0.111 e. The molecule has 0 aliphatic heterocycles. The molecule has 0 aromatic rings. The first-order valence-electron chi connectivity index (χ1n) is 2.26. The Labute approximate surface area is 96.2 Å². The van der Waals surface area contributed by atoms with Crippen LogP contribution in [0.5, 0.6) is 0 Å². The maximum atomic E-state index is 3.68. The summed E-state index contributed by atoms with van der Waals surface area (Å²) in [7, 11) is 0. The van der Waals surface area contributed by atoms with Gasteiger partial charge in [0.2, 0.25) is 4.83 Å². The molecule has 0 saturated carbocycles. The predicted molar refractivity (Wildman–Crippen MR) is 66.6 cm³/mol. The quantitative estimate of drug-likeness (QED) is 0.402. The molecule has 9 heavy (non-hydrogen) atoms. The summed E-state index contributed by atoms with van der Waals surface area (Å²) in [4.78, 5) is -1.36. The standard InChI is InChI=1S/C2H5Br5Si2/c1-2-8(3,4)9(5,6)7/h2H2,1H3. The van der Waals surface area contributed by atoms with Crippen molar-refractivity contribution in [2.75, 3.05) is 0 Å². The van der Waals surface area contributed by atoms with Gasteiger partial charge in [0.25, 0.3) is 3.45 Å². The molecule has 0 atom stereocenters. The first-order chi connectivity index (χ1) is 3.81. The van der Waals surface area contributed by atoms with Crippen LogP contribution in [0.25, 0.3) is 0 Å². The highest BCUT2D eigenvalue weighted by Crippen LogP contribution is 2.46. The highest BCUT2D eigenvalue weighted by atomic mass is 80.0. The zero-order valence-electron chi connectivity index (χ0n) is 4.60. The second kappa shape index (κ2) is 4.18. The summed E-state index contributed by atoms with van der Waals surface area (Å²) >= 11 is 18.2. The van der Waals surface area contributed by atoms with Crippen LogP contribution in [0.4, 0.5) is 0 Å². The highest BCUT2D eigenvalue weighted by Gasteiger charge is 2.47. The molecule has 56 valence electrons. The summed E-state index contributed by atoms with van der Waals surface area (Å²) in [6.45, 7) is 2.17. The number of hydrogen-bond donors (Lipinski definition) is 0. The van der Waals surface area contributed by atoms with Crippen molar-refractivity contribution in [2.24, 2.45) is 0 Å². The summed E-state index contributed by atoms with van der Waals surface area (Å²) in [6, 6.07) is 1.15. The average Bonchev–Trinajstić information content (AvgIpc) is 1.64. The molecule has 0 rings (SSSR count). The SMILES string of the molecule is CC[Si](Br)(Br)[Si](Br)(Br)Br. The Hall–Kier alpha value is 2.83. The molecule has 0 bridgehead atoms. The van der Waals surface area contributed by atoms with Crippen LogP contribution >= 0.6 is 76.5 Å². The third-order valence-electron chi connectivity index (χ3n) is 0.859. The third kappa shape index (κ3) is 3.84. The van der Waals surface area contributed by atoms with Crippen molar-refractivity contribution in [3.8, 4) is 0 Å². The molecular formula is C2H5Br5Si2. The summed E-state index contributed by atoms with van der Waals surface area (Å²) in [6.07, 6.45) is 0. The van der Waals surface area contributed by atoms with E-state index in [2.05, 4.69) is 83.4 Å². The lowest BCUT2D eigenvalue weighted by Gasteiger charge is -2.22. The fourth-order valence-electron chi connectivity index (χ4n) is 0.200. The van der Waals surface area contributed by atoms with Crippen LogP contribution < -0.4 is 0 Å². The van der Waals surface area contributed by atoms with E-state index in [1.165, 1.54) is 0 Å². The Balaban J connectivity index is 4.14. The Morgan fingerprint density at radius 2 is 1.33 bits per heavy atom. The van der Waals surface area contributed by atoms with Gasteiger partial charge in [-0.3, -0.25) is 0 Å². The van der Waals surface area contributed by atoms with Gasteiger partial charge in [0.15, 0.2) is 0 Å². The van der Waals surface area contributed by atoms with Crippen molar-refractivity contribution in [1.29, 1.82) is 0 Å². The minimum absolute atomic E-state index is 1.15. The van der Waals surface area contributed by atoms with Crippen LogP contribution in [0.15, 0.2) is 0 Å². The van der Waals surface area contributed by atoms with Crippen molar-refractivity contribution in [2.45, 2.75) is 13.0 Å². The van der Waals surface area contributed by atoms with E-state index in [-0.39, 0.29) is 0 Å². The van der Waals surface area contributed by atoms with E-state index in [1.807, 2.05) is 0 Å². The predicted octanol–water partition coefficient (Wildman–Crippen LogP) is 4.44. The maximum absolute atomic E-state index is 3.68. The van der Waals surface area contributed by atoms with E-state index in [0.29, 0.717) is 0 Å². The largest absolute Gasteiger partial charge is 0.278 e. The van der Waals surface area contributed by atoms with Crippen molar-refractivity contribution in [3.05, 3.63) is 0 Å². The van der Waals surface area contributed by atoms with Gasteiger partial charge in [-0.25, -0.2) is 0 Å². The lowest BCUT2D eigenvalue weighted by Crippen LogP contribution is -2.38. The van der Waals surface area contributed by atoms with Crippen LogP contribution in [-0.2, 0) is 0 Å². The number of rotatable bonds is 2. The first kappa shape index (κ1) is 11.8. The van der Waals surface area contributed by atoms with Gasteiger partial charge in [0.05, 0.1) is 0 Å². The molecule has 0 N–H and O–H groups in total. The molecule has 0 spiro atoms. The number of hydrogen-bond acceptors (Lipinski definition) is 0. The molecule has 7 heteroatoms. The molecule has 0 aromatic heterocycles. The van der Waals surface area contributed by atoms with E-state index in [0.717, 1.165) is 6.04 Å². The molecule has 0 unspecified atom stereocenters. The Morgan fingerprint density at radius 1 is 1.00 bits per heavy atom. The molecule has 0 heterocycles. The minimum Gasteiger partial charge on any atom is -0.111 e. The highest BCUT2D eigenvalue weighted by molar-refractivity contribution is 9.81. The van der Waals surface area contributed by atoms with Crippen LogP contribution in [-0.4, -0.2) is 8.28 Å². The van der Waals surface area contributed by atoms with E-state index in [1.54, 1.807) is 0 Å². The normalized spacial score (nSPS) is 14.0. The van der Waals surface area contributed by atoms with Gasteiger partial charge in [-0.05, 0) is 6.04 Å². The summed E-state index contributed by atoms with van der Waals surface area (Å²) in [5, 5.41) is 0. The fraction of sp³-hybridized carbons (Fsp3) is 1.00. The van der Waals surface area contributed by atoms with E-state index in [9.17, 15) is 0 Å². The summed E-state index contributed by atoms with van der Waals surface area (Å²) < 4.78 is -1.48. The van der Waals surface area contributed by atoms with Gasteiger partial charge in [-0.15, -0.1) is 30.6 Å². The lowest BCUT2D eigenvalue weighted by atomic mass is 11.0. The molecule has 0 fully saturated rings. The second-order valence-electron chi connectivity index (χ2n) is 1.56. The lowest BCUT2D eigenvalue weighted by molar-refractivity contribution is 1.46. The molecular weight excluding hydrogens is 480 g/mol. The van der Waals surface area contributed by atoms with Crippen molar-refractivity contribution in [1.82, 2.24) is 0 Å². The molecule has 0 nitrogen and oxygen atoms in total. The fourth-order valence-corrected chi connectivity index (χ4v) is 9.37. The topological polar surface area (TPSA) is 0 Å². The Morgan fingerprint density at radius 3 is 1.33 bits per heavy atom. The summed E-state index contributed by atoms with van der Waals surface area (Å²) in [5.74, 6) is 0. The monoisotopic (exact) mass is 480 g/mol. The van der Waals surface area contributed by atoms with Gasteiger partial charge in [0.1, 0.15) is 0 Å². The van der Waals surface area contributed by atoms with Crippen LogP contribution in [0.3, 0.4) is 0 Å². The van der Waals surface area contributed by atoms with E-state index < -0.39 is 8.28 Å². The maximum Gasteiger partial charge on any atom is 0.278 e. The summed E-state index contributed by atoms with van der Waals surface area (Å²) in [5.41, 5.74) is 0. The van der Waals surface area contributed by atoms with Crippen molar-refractivity contribution < 1.29 is 0 Å². The third-order valence-corrected chi connectivity index (χ3v) is 67.2. The molecule has 0 aliphatic carbocycles. The van der Waals surface area contributed by atoms with Crippen molar-refractivity contribution >= 4 is 84.7 Å². The van der Waals surface area contributed by atoms with E-state index >= 15 is 0 Å². The van der Waals surface area contributed by atoms with Gasteiger partial charge in [0, 0.05) is 0 Å². The second-order valence-corrected chi connectivity index (χ2v) is 52.1. The van der Waals surface area contributed by atoms with Gasteiger partial charge >= 0.3 is 0 Å². The average molecular weight is 485 g/mol. The minimum atomic E-state index is -1.48. The molecule has 0 aliphatic rings. The molecule has 0 radical (unpaired) electrons. The van der Waals surface area contributed by atoms with Crippen LogP contribution in [0, 0.1) is 0 Å². The zero-order chi connectivity index (χ0) is 7.71. The Kier molecular flexibility index (Phi) is 5.49. The van der Waals surface area contributed by atoms with Crippen molar-refractivity contribution in [3.63, 3.8) is 0 Å². The molecule has 0 saturated heterocycles. The Bertz CT molecular complexity index is 95.6. The number of halogens is 5. The first-order valence-corrected chi connectivity index (χ1v) is 18.7. The van der Waals surface area contributed by atoms with E-state index in [4.69, 9.17) is 0 Å². The van der Waals surface area contributed by atoms with Crippen LogP contribution in [0.1, 0.15) is 6.92 Å².